The van der Waals surface area contributed by atoms with Gasteiger partial charge < -0.3 is 51.8 Å². The van der Waals surface area contributed by atoms with E-state index < -0.39 is 36.2 Å². The summed E-state index contributed by atoms with van der Waals surface area (Å²) in [5.41, 5.74) is 0. The predicted octanol–water partition coefficient (Wildman–Crippen LogP) is -1.43. The van der Waals surface area contributed by atoms with Crippen molar-refractivity contribution in [2.45, 2.75) is 0 Å². The van der Waals surface area contributed by atoms with E-state index in [0.717, 1.165) is 0 Å². The van der Waals surface area contributed by atoms with Gasteiger partial charge >= 0.3 is 36.2 Å². The number of carboxylic acid groups (broad SMARTS) is 8. The first kappa shape index (κ1) is 43.1. The second-order valence-electron chi connectivity index (χ2n) is 1.20. The van der Waals surface area contributed by atoms with Crippen molar-refractivity contribution in [2.24, 2.45) is 0 Å². The van der Waals surface area contributed by atoms with E-state index in [1.807, 2.05) is 0 Å². The van der Waals surface area contributed by atoms with E-state index in [1.54, 1.807) is 0 Å². The third-order valence-electron chi connectivity index (χ3n) is 0. The zero-order valence-corrected chi connectivity index (χ0v) is 10.3. The molecular weight excluding hydrogens is 336 g/mol. The molecule has 0 spiro atoms. The molecule has 0 atom stereocenters. The Kier molecular flexibility index (Phi) is 89.5. The van der Waals surface area contributed by atoms with Gasteiger partial charge in [0.05, 0.1) is 0 Å². The summed E-state index contributed by atoms with van der Waals surface area (Å²) >= 11 is -0.750. The summed E-state index contributed by atoms with van der Waals surface area (Å²) in [6.07, 6.45) is -7.33. The number of hydrogen-bond acceptors (Lipinski definition) is 6. The molecule has 0 saturated heterocycles. The average Bonchev–Trinajstić information content (AvgIpc) is 1.97. The second kappa shape index (κ2) is 43.7. The summed E-state index contributed by atoms with van der Waals surface area (Å²) < 4.78 is 16.6. The van der Waals surface area contributed by atoms with Gasteiger partial charge in [0.1, 0.15) is 0 Å². The third kappa shape index (κ3) is 365. The maximum Gasteiger partial charge on any atom is 0.503 e. The van der Waals surface area contributed by atoms with Crippen LogP contribution in [0.3, 0.4) is 0 Å². The smallest absolute Gasteiger partial charge is 0.450 e. The minimum Gasteiger partial charge on any atom is -0.450 e. The van der Waals surface area contributed by atoms with E-state index >= 15 is 0 Å². The molecule has 12 N–H and O–H groups in total. The normalized spacial score (nSPS) is 5.14. The molecule has 0 unspecified atom stereocenters. The van der Waals surface area contributed by atoms with Crippen molar-refractivity contribution in [3.8, 4) is 0 Å². The molecule has 0 saturated carbocycles. The molecule has 16 nitrogen and oxygen atoms in total. The fourth-order valence-corrected chi connectivity index (χ4v) is 0. The van der Waals surface area contributed by atoms with Crippen LogP contribution < -0.4 is 0 Å². The van der Waals surface area contributed by atoms with Crippen molar-refractivity contribution in [3.05, 3.63) is 0 Å². The van der Waals surface area contributed by atoms with Crippen molar-refractivity contribution >= 4 is 36.2 Å². The van der Waals surface area contributed by atoms with Crippen LogP contribution in [0.15, 0.2) is 0 Å². The fraction of sp³-hybridized carbons (Fsp3) is 0. The zero-order chi connectivity index (χ0) is 17.0. The summed E-state index contributed by atoms with van der Waals surface area (Å²) in [6, 6.07) is 0. The van der Waals surface area contributed by atoms with Crippen LogP contribution in [0.5, 0.6) is 0 Å². The quantitative estimate of drug-likeness (QED) is 0.248. The molecule has 0 amide bonds. The topological polar surface area (TPSA) is 327 Å². The van der Waals surface area contributed by atoms with E-state index in [-0.39, 0.29) is 11.0 Å². The van der Waals surface area contributed by atoms with Crippen molar-refractivity contribution in [2.75, 3.05) is 0 Å². The first-order valence-corrected chi connectivity index (χ1v) is 3.61. The highest BCUT2D eigenvalue weighted by Crippen LogP contribution is 1.44. The van der Waals surface area contributed by atoms with Crippen LogP contribution in [0, 0.1) is 0 Å². The molecule has 0 bridgehead atoms. The Labute approximate surface area is 117 Å². The predicted molar refractivity (Wildman–Crippen MR) is 58.8 cm³/mol. The van der Waals surface area contributed by atoms with E-state index in [2.05, 4.69) is 0 Å². The number of hydrogen-bond donors (Lipinski definition) is 8. The first-order valence-electron chi connectivity index (χ1n) is 2.94. The summed E-state index contributed by atoms with van der Waals surface area (Å²) in [5, 5.41) is 55.8. The first-order chi connectivity index (χ1) is 8.34. The Bertz CT molecular complexity index is 225. The molecule has 0 aliphatic heterocycles. The summed E-state index contributed by atoms with van der Waals surface area (Å²) in [6.45, 7) is 0. The van der Waals surface area contributed by atoms with Gasteiger partial charge in [-0.25, -0.2) is 19.2 Å². The Morgan fingerprint density at radius 3 is 0.476 bits per heavy atom. The maximum absolute atomic E-state index is 8.56. The van der Waals surface area contributed by atoms with Crippen molar-refractivity contribution in [1.29, 1.82) is 0 Å². The molecule has 0 aromatic rings. The van der Waals surface area contributed by atoms with Gasteiger partial charge in [-0.15, -0.1) is 0 Å². The zero-order valence-electron chi connectivity index (χ0n) is 9.44. The molecule has 0 aromatic heterocycles. The summed E-state index contributed by atoms with van der Waals surface area (Å²) in [5.74, 6) is 0. The third-order valence-corrected chi connectivity index (χ3v) is 0. The van der Waals surface area contributed by atoms with Crippen molar-refractivity contribution < 1.29 is 79.4 Å². The highest BCUT2D eigenvalue weighted by molar-refractivity contribution is 7.51. The monoisotopic (exact) mass is 348 g/mol. The van der Waals surface area contributed by atoms with Gasteiger partial charge in [-0.05, 0) is 0 Å². The van der Waals surface area contributed by atoms with Gasteiger partial charge in [-0.3, -0.25) is 0 Å². The highest BCUT2D eigenvalue weighted by atomic mass is 32.1. The minimum atomic E-state index is -1.83. The second-order valence-corrected chi connectivity index (χ2v) is 1.33. The number of rotatable bonds is 0. The minimum absolute atomic E-state index is 0. The molecule has 0 aliphatic carbocycles. The van der Waals surface area contributed by atoms with Crippen LogP contribution in [0.2, 0.25) is 0 Å². The molecule has 0 heterocycles. The van der Waals surface area contributed by atoms with Crippen molar-refractivity contribution in [1.82, 2.24) is 0 Å². The van der Waals surface area contributed by atoms with E-state index in [1.165, 1.54) is 0 Å². The van der Waals surface area contributed by atoms with Crippen LogP contribution in [0.4, 0.5) is 19.2 Å². The van der Waals surface area contributed by atoms with Crippen molar-refractivity contribution in [3.63, 3.8) is 0 Å². The van der Waals surface area contributed by atoms with Gasteiger partial charge in [0.25, 0.3) is 0 Å². The molecule has 0 fully saturated rings. The van der Waals surface area contributed by atoms with Gasteiger partial charge in [-0.2, -0.15) is 8.42 Å². The molecule has 21 heavy (non-hydrogen) atoms. The molecule has 17 heteroatoms. The van der Waals surface area contributed by atoms with Crippen LogP contribution >= 0.6 is 0 Å². The lowest BCUT2D eigenvalue weighted by molar-refractivity contribution is 0.135. The largest absolute Gasteiger partial charge is 0.503 e. The summed E-state index contributed by atoms with van der Waals surface area (Å²) in [7, 11) is 0. The molecule has 0 aliphatic rings. The Hall–Kier alpha value is -3.18. The van der Waals surface area contributed by atoms with Gasteiger partial charge in [0.2, 0.25) is 0 Å². The van der Waals surface area contributed by atoms with E-state index in [0.29, 0.717) is 0 Å². The lowest BCUT2D eigenvalue weighted by Crippen LogP contribution is -1.81. The van der Waals surface area contributed by atoms with Gasteiger partial charge in [0.15, 0.2) is 0 Å². The molecular formula is C4H12O16S. The molecule has 0 radical (unpaired) electrons. The van der Waals surface area contributed by atoms with Gasteiger partial charge in [-0.1, -0.05) is 0 Å². The Morgan fingerprint density at radius 2 is 0.476 bits per heavy atom. The SMILES string of the molecule is O.O.O=C(O)O.O=C(O)O.O=C(O)O.O=C(O)O.O=S=O. The van der Waals surface area contributed by atoms with E-state index in [4.69, 9.17) is 68.4 Å². The molecule has 0 rings (SSSR count). The fourth-order valence-electron chi connectivity index (χ4n) is 0. The number of carbonyl (C=O) groups is 4. The lowest BCUT2D eigenvalue weighted by Gasteiger charge is -1.60. The standard InChI is InChI=1S/4CH2O3.O2S.2H2O/c4*2-1(3)4;1-3-2;;/h4*(H2,2,3,4);;2*1H2. The molecule has 130 valence electrons. The average molecular weight is 348 g/mol. The summed E-state index contributed by atoms with van der Waals surface area (Å²) in [4.78, 5) is 34.2. The van der Waals surface area contributed by atoms with Crippen LogP contribution in [0.1, 0.15) is 0 Å². The Morgan fingerprint density at radius 1 is 0.476 bits per heavy atom. The highest BCUT2D eigenvalue weighted by Gasteiger charge is 1.71. The Balaban J connectivity index is -0.0000000229. The van der Waals surface area contributed by atoms with Gasteiger partial charge in [0, 0.05) is 0 Å². The lowest BCUT2D eigenvalue weighted by atomic mass is 11.5. The van der Waals surface area contributed by atoms with Crippen LogP contribution in [0.25, 0.3) is 0 Å². The molecule has 0 aromatic carbocycles. The van der Waals surface area contributed by atoms with Crippen LogP contribution in [-0.4, -0.2) is 84.8 Å². The van der Waals surface area contributed by atoms with E-state index in [9.17, 15) is 0 Å². The van der Waals surface area contributed by atoms with Crippen LogP contribution in [-0.2, 0) is 11.6 Å². The maximum atomic E-state index is 8.56.